The van der Waals surface area contributed by atoms with E-state index in [0.717, 1.165) is 19.1 Å². The zero-order valence-corrected chi connectivity index (χ0v) is 18.3. The monoisotopic (exact) mass is 467 g/mol. The minimum Gasteiger partial charge on any atom is -0.478 e. The molecule has 1 unspecified atom stereocenters. The van der Waals surface area contributed by atoms with Gasteiger partial charge in [0.15, 0.2) is 0 Å². The Balaban J connectivity index is 2.49. The van der Waals surface area contributed by atoms with Gasteiger partial charge in [-0.05, 0) is 17.7 Å². The van der Waals surface area contributed by atoms with Gasteiger partial charge in [-0.2, -0.15) is 5.26 Å². The molecule has 1 atom stereocenters. The predicted molar refractivity (Wildman–Crippen MR) is 118 cm³/mol. The van der Waals surface area contributed by atoms with Crippen molar-refractivity contribution in [1.29, 1.82) is 5.26 Å². The molecule has 0 aromatic heterocycles. The van der Waals surface area contributed by atoms with Crippen LogP contribution in [0.3, 0.4) is 0 Å². The van der Waals surface area contributed by atoms with E-state index in [1.54, 1.807) is 30.3 Å². The van der Waals surface area contributed by atoms with Gasteiger partial charge in [0.1, 0.15) is 17.1 Å². The molecule has 0 amide bonds. The van der Waals surface area contributed by atoms with Gasteiger partial charge in [0.25, 0.3) is 0 Å². The van der Waals surface area contributed by atoms with E-state index in [1.807, 2.05) is 6.07 Å². The van der Waals surface area contributed by atoms with Gasteiger partial charge in [-0.3, -0.25) is 4.90 Å². The molecule has 0 aliphatic carbocycles. The van der Waals surface area contributed by atoms with Crippen molar-refractivity contribution in [2.75, 3.05) is 19.1 Å². The number of hydrogen-bond acceptors (Lipinski definition) is 8. The average Bonchev–Trinajstić information content (AvgIpc) is 2.82. The second kappa shape index (κ2) is 9.46. The van der Waals surface area contributed by atoms with Crippen LogP contribution in [-0.4, -0.2) is 37.2 Å². The number of rotatable bonds is 5. The van der Waals surface area contributed by atoms with Crippen LogP contribution in [-0.2, 0) is 19.1 Å². The Kier molecular flexibility index (Phi) is 6.70. The second-order valence-corrected chi connectivity index (χ2v) is 7.18. The van der Waals surface area contributed by atoms with Gasteiger partial charge < -0.3 is 20.3 Å². The molecule has 0 fully saturated rings. The molecule has 3 N–H and O–H groups in total. The van der Waals surface area contributed by atoms with E-state index in [1.165, 1.54) is 18.2 Å². The highest BCUT2D eigenvalue weighted by atomic mass is 35.5. The summed E-state index contributed by atoms with van der Waals surface area (Å²) in [6, 6.07) is 14.6. The summed E-state index contributed by atoms with van der Waals surface area (Å²) < 4.78 is 9.84. The van der Waals surface area contributed by atoms with Crippen LogP contribution in [0.1, 0.15) is 21.8 Å². The van der Waals surface area contributed by atoms with Crippen molar-refractivity contribution < 1.29 is 29.0 Å². The first-order valence-corrected chi connectivity index (χ1v) is 9.83. The highest BCUT2D eigenvalue weighted by molar-refractivity contribution is 6.34. The van der Waals surface area contributed by atoms with Crippen LogP contribution in [0.4, 0.5) is 5.69 Å². The van der Waals surface area contributed by atoms with Crippen LogP contribution in [0.25, 0.3) is 0 Å². The number of benzene rings is 2. The Morgan fingerprint density at radius 3 is 2.24 bits per heavy atom. The fraction of sp³-hybridized carbons (Fsp3) is 0.130. The molecule has 33 heavy (non-hydrogen) atoms. The highest BCUT2D eigenvalue weighted by Gasteiger charge is 2.43. The van der Waals surface area contributed by atoms with Crippen molar-refractivity contribution in [2.45, 2.75) is 5.92 Å². The van der Waals surface area contributed by atoms with E-state index in [4.69, 9.17) is 26.8 Å². The number of nitrogens with zero attached hydrogens (tertiary/aromatic N) is 2. The van der Waals surface area contributed by atoms with Gasteiger partial charge in [-0.1, -0.05) is 48.0 Å². The number of nitriles is 1. The average molecular weight is 468 g/mol. The fourth-order valence-corrected chi connectivity index (χ4v) is 3.92. The first kappa shape index (κ1) is 23.4. The van der Waals surface area contributed by atoms with Crippen LogP contribution >= 0.6 is 11.6 Å². The molecule has 10 heteroatoms. The van der Waals surface area contributed by atoms with Gasteiger partial charge in [-0.15, -0.1) is 0 Å². The maximum absolute atomic E-state index is 13.0. The maximum atomic E-state index is 13.0. The number of carbonyl (C=O) groups is 3. The molecule has 1 aliphatic heterocycles. The van der Waals surface area contributed by atoms with E-state index in [0.29, 0.717) is 5.56 Å². The predicted octanol–water partition coefficient (Wildman–Crippen LogP) is 2.94. The maximum Gasteiger partial charge on any atom is 0.355 e. The van der Waals surface area contributed by atoms with Gasteiger partial charge in [0, 0.05) is 0 Å². The quantitative estimate of drug-likeness (QED) is 0.634. The molecule has 0 saturated heterocycles. The molecule has 1 heterocycles. The van der Waals surface area contributed by atoms with Crippen molar-refractivity contribution in [1.82, 2.24) is 0 Å². The molecular formula is C23H18ClN3O6. The van der Waals surface area contributed by atoms with E-state index in [9.17, 15) is 24.8 Å². The summed E-state index contributed by atoms with van der Waals surface area (Å²) in [6.07, 6.45) is 0. The van der Waals surface area contributed by atoms with Crippen LogP contribution < -0.4 is 10.6 Å². The van der Waals surface area contributed by atoms with Crippen molar-refractivity contribution in [2.24, 2.45) is 5.73 Å². The summed E-state index contributed by atoms with van der Waals surface area (Å²) in [6.45, 7) is 0. The van der Waals surface area contributed by atoms with Gasteiger partial charge in [-0.25, -0.2) is 14.4 Å². The number of carbonyl (C=O) groups excluding carboxylic acids is 2. The van der Waals surface area contributed by atoms with E-state index < -0.39 is 23.8 Å². The molecule has 0 radical (unpaired) electrons. The smallest absolute Gasteiger partial charge is 0.355 e. The Hall–Kier alpha value is -4.29. The number of halogens is 1. The topological polar surface area (TPSA) is 143 Å². The van der Waals surface area contributed by atoms with Crippen molar-refractivity contribution in [3.05, 3.63) is 87.3 Å². The minimum atomic E-state index is -1.41. The Morgan fingerprint density at radius 2 is 1.70 bits per heavy atom. The molecule has 1 aliphatic rings. The minimum absolute atomic E-state index is 0.0921. The number of methoxy groups -OCH3 is 2. The number of ether oxygens (including phenoxy) is 2. The van der Waals surface area contributed by atoms with Crippen LogP contribution in [0.15, 0.2) is 71.2 Å². The summed E-state index contributed by atoms with van der Waals surface area (Å²) >= 11 is 6.12. The van der Waals surface area contributed by atoms with E-state index in [-0.39, 0.29) is 38.9 Å². The van der Waals surface area contributed by atoms with Gasteiger partial charge in [0.05, 0.1) is 48.1 Å². The lowest BCUT2D eigenvalue weighted by molar-refractivity contribution is -0.139. The summed E-state index contributed by atoms with van der Waals surface area (Å²) in [5.74, 6) is -4.65. The molecule has 0 spiro atoms. The fourth-order valence-electron chi connectivity index (χ4n) is 3.67. The number of nitrogens with two attached hydrogens (primary N) is 1. The van der Waals surface area contributed by atoms with Crippen LogP contribution in [0.5, 0.6) is 0 Å². The van der Waals surface area contributed by atoms with Crippen LogP contribution in [0, 0.1) is 11.3 Å². The number of allylic oxidation sites excluding steroid dienone is 1. The third-order valence-corrected chi connectivity index (χ3v) is 5.37. The third kappa shape index (κ3) is 4.00. The molecule has 2 aromatic rings. The zero-order chi connectivity index (χ0) is 24.3. The van der Waals surface area contributed by atoms with Crippen molar-refractivity contribution >= 4 is 35.2 Å². The van der Waals surface area contributed by atoms with Gasteiger partial charge in [0.2, 0.25) is 0 Å². The zero-order valence-electron chi connectivity index (χ0n) is 17.5. The first-order chi connectivity index (χ1) is 15.8. The lowest BCUT2D eigenvalue weighted by Crippen LogP contribution is -2.41. The van der Waals surface area contributed by atoms with Crippen LogP contribution in [0.2, 0.25) is 5.02 Å². The summed E-state index contributed by atoms with van der Waals surface area (Å²) in [4.78, 5) is 39.0. The van der Waals surface area contributed by atoms with E-state index >= 15 is 0 Å². The number of carboxylic acid groups (broad SMARTS) is 1. The largest absolute Gasteiger partial charge is 0.478 e. The number of carboxylic acids is 1. The summed E-state index contributed by atoms with van der Waals surface area (Å²) in [5.41, 5.74) is 5.60. The Bertz CT molecular complexity index is 1250. The molecule has 0 bridgehead atoms. The Morgan fingerprint density at radius 1 is 1.06 bits per heavy atom. The number of anilines is 1. The van der Waals surface area contributed by atoms with E-state index in [2.05, 4.69) is 0 Å². The lowest BCUT2D eigenvalue weighted by Gasteiger charge is -2.36. The molecule has 3 rings (SSSR count). The summed E-state index contributed by atoms with van der Waals surface area (Å²) in [7, 11) is 2.21. The number of hydrogen-bond donors (Lipinski definition) is 2. The summed E-state index contributed by atoms with van der Waals surface area (Å²) in [5, 5.41) is 19.6. The van der Waals surface area contributed by atoms with Crippen molar-refractivity contribution in [3.63, 3.8) is 0 Å². The molecule has 0 saturated carbocycles. The molecule has 2 aromatic carbocycles. The number of esters is 2. The SMILES string of the molecule is COC(=O)C1=C(C(=O)OC)N(c2cccc(Cl)c2C(=O)O)C(N)=C(C#N)C1c1ccccc1. The number of aromatic carboxylic acids is 1. The second-order valence-electron chi connectivity index (χ2n) is 6.77. The first-order valence-electron chi connectivity index (χ1n) is 9.45. The standard InChI is InChI=1S/C23H18ClN3O6/c1-32-22(30)18-16(12-7-4-3-5-8-12)13(11-25)20(26)27(19(18)23(31)33-2)15-10-6-9-14(24)17(15)21(28)29/h3-10,16H,26H2,1-2H3,(H,28,29). The van der Waals surface area contributed by atoms with Crippen molar-refractivity contribution in [3.8, 4) is 6.07 Å². The van der Waals surface area contributed by atoms with Gasteiger partial charge >= 0.3 is 17.9 Å². The highest BCUT2D eigenvalue weighted by Crippen LogP contribution is 2.44. The molecular weight excluding hydrogens is 450 g/mol. The lowest BCUT2D eigenvalue weighted by atomic mass is 9.80. The third-order valence-electron chi connectivity index (χ3n) is 5.06. The molecule has 168 valence electrons. The Labute approximate surface area is 193 Å². The molecule has 9 nitrogen and oxygen atoms in total. The normalized spacial score (nSPS) is 15.7.